The van der Waals surface area contributed by atoms with Crippen molar-refractivity contribution < 1.29 is 9.53 Å². The number of hydrogen-bond acceptors (Lipinski definition) is 7. The van der Waals surface area contributed by atoms with Gasteiger partial charge in [0, 0.05) is 35.6 Å². The molecule has 0 spiro atoms. The minimum Gasteiger partial charge on any atom is -0.497 e. The Morgan fingerprint density at radius 1 is 1.06 bits per heavy atom. The van der Waals surface area contributed by atoms with Crippen LogP contribution in [0.5, 0.6) is 5.75 Å². The summed E-state index contributed by atoms with van der Waals surface area (Å²) in [7, 11) is 3.69. The number of carbonyl (C=O) groups excluding carboxylic acids is 1. The minimum atomic E-state index is 0.0669. The zero-order chi connectivity index (χ0) is 23.9. The van der Waals surface area contributed by atoms with E-state index in [1.165, 1.54) is 18.2 Å². The number of methoxy groups -OCH3 is 1. The Morgan fingerprint density at radius 3 is 2.74 bits per heavy atom. The zero-order valence-electron chi connectivity index (χ0n) is 19.7. The second-order valence-electron chi connectivity index (χ2n) is 8.97. The van der Waals surface area contributed by atoms with E-state index >= 15 is 0 Å². The van der Waals surface area contributed by atoms with Crippen molar-refractivity contribution in [3.8, 4) is 5.75 Å². The molecular formula is C27H26N4O2S2. The lowest BCUT2D eigenvalue weighted by Gasteiger charge is -2.30. The van der Waals surface area contributed by atoms with E-state index < -0.39 is 0 Å². The number of aromatic nitrogens is 1. The standard InChI is InChI=1S/C27H26N4O2S2/c1-30-22-16-20(33-2)11-13-23(22)34-26(30)24-25(32)31(19-8-4-3-5-9-19)27(35-24)29-18-10-12-21-17(15-18)7-6-14-28-21/h6-7,10-16,19H,3-5,8-9H2,1-2H3/b26-24-,29-27?. The van der Waals surface area contributed by atoms with Crippen molar-refractivity contribution in [1.29, 1.82) is 0 Å². The summed E-state index contributed by atoms with van der Waals surface area (Å²) in [6.45, 7) is 0. The Labute approximate surface area is 213 Å². The lowest BCUT2D eigenvalue weighted by molar-refractivity contribution is -0.124. The number of carbonyl (C=O) groups is 1. The molecule has 0 atom stereocenters. The lowest BCUT2D eigenvalue weighted by Crippen LogP contribution is -2.40. The summed E-state index contributed by atoms with van der Waals surface area (Å²) in [5.41, 5.74) is 2.84. The van der Waals surface area contributed by atoms with Gasteiger partial charge in [-0.25, -0.2) is 4.99 Å². The van der Waals surface area contributed by atoms with Crippen molar-refractivity contribution >= 4 is 56.9 Å². The van der Waals surface area contributed by atoms with Gasteiger partial charge in [0.25, 0.3) is 5.91 Å². The highest BCUT2D eigenvalue weighted by Crippen LogP contribution is 2.51. The monoisotopic (exact) mass is 502 g/mol. The molecule has 0 N–H and O–H groups in total. The maximum Gasteiger partial charge on any atom is 0.269 e. The molecule has 178 valence electrons. The number of thioether (sulfide) groups is 2. The number of aliphatic imine (C=N–C) groups is 1. The smallest absolute Gasteiger partial charge is 0.269 e. The molecule has 35 heavy (non-hydrogen) atoms. The van der Waals surface area contributed by atoms with Crippen LogP contribution in [0.4, 0.5) is 11.4 Å². The average molecular weight is 503 g/mol. The van der Waals surface area contributed by atoms with E-state index in [-0.39, 0.29) is 11.9 Å². The highest BCUT2D eigenvalue weighted by Gasteiger charge is 2.42. The number of amidine groups is 1. The molecule has 2 aliphatic heterocycles. The average Bonchev–Trinajstić information content (AvgIpc) is 3.39. The van der Waals surface area contributed by atoms with Crippen molar-refractivity contribution in [2.24, 2.45) is 4.99 Å². The van der Waals surface area contributed by atoms with Crippen molar-refractivity contribution in [3.63, 3.8) is 0 Å². The van der Waals surface area contributed by atoms with Crippen LogP contribution in [0.25, 0.3) is 10.9 Å². The first kappa shape index (κ1) is 22.5. The molecule has 8 heteroatoms. The number of rotatable bonds is 3. The van der Waals surface area contributed by atoms with Crippen molar-refractivity contribution in [3.05, 3.63) is 64.7 Å². The first-order chi connectivity index (χ1) is 17.1. The predicted octanol–water partition coefficient (Wildman–Crippen LogP) is 6.55. The van der Waals surface area contributed by atoms with Crippen LogP contribution in [-0.2, 0) is 4.79 Å². The number of hydrogen-bond donors (Lipinski definition) is 0. The summed E-state index contributed by atoms with van der Waals surface area (Å²) >= 11 is 3.14. The Balaban J connectivity index is 1.41. The van der Waals surface area contributed by atoms with E-state index in [0.29, 0.717) is 0 Å². The molecule has 0 unspecified atom stereocenters. The fourth-order valence-corrected chi connectivity index (χ4v) is 7.33. The Bertz CT molecular complexity index is 1380. The molecule has 0 radical (unpaired) electrons. The number of benzene rings is 2. The zero-order valence-corrected chi connectivity index (χ0v) is 21.4. The largest absolute Gasteiger partial charge is 0.497 e. The fourth-order valence-electron chi connectivity index (χ4n) is 4.95. The van der Waals surface area contributed by atoms with Crippen molar-refractivity contribution in [1.82, 2.24) is 9.88 Å². The summed E-state index contributed by atoms with van der Waals surface area (Å²) in [6, 6.07) is 16.2. The minimum absolute atomic E-state index is 0.0669. The van der Waals surface area contributed by atoms with E-state index in [2.05, 4.69) is 16.0 Å². The first-order valence-electron chi connectivity index (χ1n) is 11.9. The topological polar surface area (TPSA) is 58.0 Å². The molecule has 2 fully saturated rings. The van der Waals surface area contributed by atoms with Crippen LogP contribution >= 0.6 is 23.5 Å². The molecule has 6 rings (SSSR count). The Kier molecular flexibility index (Phi) is 5.94. The molecule has 3 heterocycles. The van der Waals surface area contributed by atoms with E-state index in [0.717, 1.165) is 73.7 Å². The van der Waals surface area contributed by atoms with Crippen LogP contribution in [0.2, 0.25) is 0 Å². The second kappa shape index (κ2) is 9.24. The number of anilines is 1. The van der Waals surface area contributed by atoms with E-state index in [1.807, 2.05) is 54.4 Å². The predicted molar refractivity (Wildman–Crippen MR) is 144 cm³/mol. The van der Waals surface area contributed by atoms with Gasteiger partial charge >= 0.3 is 0 Å². The van der Waals surface area contributed by atoms with Crippen LogP contribution in [0.15, 0.2) is 74.5 Å². The molecule has 1 saturated carbocycles. The second-order valence-corrected chi connectivity index (χ2v) is 11.0. The van der Waals surface area contributed by atoms with Gasteiger partial charge in [0.15, 0.2) is 5.17 Å². The van der Waals surface area contributed by atoms with Gasteiger partial charge in [-0.3, -0.25) is 14.7 Å². The first-order valence-corrected chi connectivity index (χ1v) is 13.5. The maximum absolute atomic E-state index is 13.9. The van der Waals surface area contributed by atoms with Crippen LogP contribution in [0.3, 0.4) is 0 Å². The van der Waals surface area contributed by atoms with Gasteiger partial charge in [0.1, 0.15) is 10.7 Å². The molecule has 0 bridgehead atoms. The quantitative estimate of drug-likeness (QED) is 0.379. The highest BCUT2D eigenvalue weighted by atomic mass is 32.2. The Morgan fingerprint density at radius 2 is 1.91 bits per heavy atom. The van der Waals surface area contributed by atoms with Gasteiger partial charge in [0.2, 0.25) is 0 Å². The summed E-state index contributed by atoms with van der Waals surface area (Å²) in [5, 5.41) is 2.77. The normalized spacial score (nSPS) is 21.9. The molecule has 3 aliphatic rings. The molecule has 6 nitrogen and oxygen atoms in total. The summed E-state index contributed by atoms with van der Waals surface area (Å²) < 4.78 is 5.42. The number of nitrogens with zero attached hydrogens (tertiary/aromatic N) is 4. The molecule has 1 amide bonds. The lowest BCUT2D eigenvalue weighted by atomic mass is 9.94. The summed E-state index contributed by atoms with van der Waals surface area (Å²) in [5.74, 6) is 0.877. The van der Waals surface area contributed by atoms with Crippen LogP contribution in [0.1, 0.15) is 32.1 Å². The molecule has 1 saturated heterocycles. The van der Waals surface area contributed by atoms with Gasteiger partial charge in [-0.2, -0.15) is 0 Å². The summed E-state index contributed by atoms with van der Waals surface area (Å²) in [6.07, 6.45) is 7.39. The third kappa shape index (κ3) is 4.08. The van der Waals surface area contributed by atoms with Crippen LogP contribution in [0, 0.1) is 0 Å². The third-order valence-electron chi connectivity index (χ3n) is 6.80. The van der Waals surface area contributed by atoms with Crippen molar-refractivity contribution in [2.45, 2.75) is 43.0 Å². The molecule has 1 aromatic heterocycles. The number of amides is 1. The van der Waals surface area contributed by atoms with Crippen molar-refractivity contribution in [2.75, 3.05) is 19.1 Å². The van der Waals surface area contributed by atoms with Gasteiger partial charge in [-0.15, -0.1) is 0 Å². The van der Waals surface area contributed by atoms with Gasteiger partial charge in [0.05, 0.1) is 29.0 Å². The number of fused-ring (bicyclic) bond motifs is 2. The Hall–Kier alpha value is -2.97. The molecule has 1 aliphatic carbocycles. The van der Waals surface area contributed by atoms with Gasteiger partial charge < -0.3 is 9.64 Å². The number of ether oxygens (including phenoxy) is 1. The van der Waals surface area contributed by atoms with Crippen LogP contribution in [-0.4, -0.2) is 41.2 Å². The molecule has 2 aromatic carbocycles. The van der Waals surface area contributed by atoms with Gasteiger partial charge in [-0.05, 0) is 61.0 Å². The SMILES string of the molecule is COc1ccc2c(c1)N(C)/C(=C1/SC(=Nc3ccc4ncccc4c3)N(C3CCCCC3)C1=O)S2. The fraction of sp³-hybridized carbons (Fsp3) is 0.296. The van der Waals surface area contributed by atoms with E-state index in [9.17, 15) is 4.79 Å². The molecular weight excluding hydrogens is 476 g/mol. The van der Waals surface area contributed by atoms with E-state index in [1.54, 1.807) is 25.1 Å². The molecule has 3 aromatic rings. The van der Waals surface area contributed by atoms with E-state index in [4.69, 9.17) is 9.73 Å². The third-order valence-corrected chi connectivity index (χ3v) is 9.20. The highest BCUT2D eigenvalue weighted by molar-refractivity contribution is 8.19. The summed E-state index contributed by atoms with van der Waals surface area (Å²) in [4.78, 5) is 29.3. The maximum atomic E-state index is 13.9. The van der Waals surface area contributed by atoms with Crippen LogP contribution < -0.4 is 9.64 Å². The van der Waals surface area contributed by atoms with Gasteiger partial charge in [-0.1, -0.05) is 37.1 Å². The number of pyridine rings is 1.